The fraction of sp³-hybridized carbons (Fsp3) is 0.533. The fourth-order valence-corrected chi connectivity index (χ4v) is 2.48. The van der Waals surface area contributed by atoms with Gasteiger partial charge in [-0.05, 0) is 12.1 Å². The molecule has 1 saturated carbocycles. The van der Waals surface area contributed by atoms with Crippen LogP contribution in [0.5, 0.6) is 11.5 Å². The van der Waals surface area contributed by atoms with Crippen molar-refractivity contribution in [2.24, 2.45) is 0 Å². The zero-order valence-electron chi connectivity index (χ0n) is 12.6. The predicted octanol–water partition coefficient (Wildman–Crippen LogP) is -0.301. The lowest BCUT2D eigenvalue weighted by Crippen LogP contribution is -2.44. The molecule has 0 unspecified atom stereocenters. The summed E-state index contributed by atoms with van der Waals surface area (Å²) in [6.07, 6.45) is -2.49. The summed E-state index contributed by atoms with van der Waals surface area (Å²) in [6.45, 7) is -0.0965. The maximum atomic E-state index is 11.5. The van der Waals surface area contributed by atoms with Crippen LogP contribution in [0, 0.1) is 0 Å². The largest absolute Gasteiger partial charge is 0.497 e. The summed E-state index contributed by atoms with van der Waals surface area (Å²) in [6, 6.07) is 6.40. The molecular formula is C15H21NO6. The molecule has 7 nitrogen and oxygen atoms in total. The van der Waals surface area contributed by atoms with Crippen molar-refractivity contribution < 1.29 is 29.2 Å². The number of carbonyl (C=O) groups excluding carboxylic acids is 1. The zero-order chi connectivity index (χ0) is 16.1. The van der Waals surface area contributed by atoms with E-state index in [1.165, 1.54) is 7.11 Å². The molecule has 1 aliphatic carbocycles. The topological polar surface area (TPSA) is 97.3 Å². The Bertz CT molecular complexity index is 509. The first-order valence-electron chi connectivity index (χ1n) is 7.00. The first-order chi connectivity index (χ1) is 10.5. The van der Waals surface area contributed by atoms with E-state index in [4.69, 9.17) is 14.2 Å². The Hall–Kier alpha value is -1.83. The second-order valence-corrected chi connectivity index (χ2v) is 5.16. The average Bonchev–Trinajstić information content (AvgIpc) is 2.76. The number of benzene rings is 1. The highest BCUT2D eigenvalue weighted by molar-refractivity contribution is 5.77. The fourth-order valence-electron chi connectivity index (χ4n) is 2.48. The third-order valence-corrected chi connectivity index (χ3v) is 3.58. The van der Waals surface area contributed by atoms with Crippen LogP contribution in [0.2, 0.25) is 0 Å². The zero-order valence-corrected chi connectivity index (χ0v) is 12.6. The molecule has 1 aromatic rings. The number of hydrogen-bond acceptors (Lipinski definition) is 6. The minimum Gasteiger partial charge on any atom is -0.497 e. The van der Waals surface area contributed by atoms with Crippen molar-refractivity contribution in [3.05, 3.63) is 24.3 Å². The molecular weight excluding hydrogens is 290 g/mol. The van der Waals surface area contributed by atoms with Crippen LogP contribution in [-0.2, 0) is 9.53 Å². The summed E-state index contributed by atoms with van der Waals surface area (Å²) >= 11 is 0. The van der Waals surface area contributed by atoms with Gasteiger partial charge in [0.1, 0.15) is 36.4 Å². The lowest BCUT2D eigenvalue weighted by Gasteiger charge is -2.18. The van der Waals surface area contributed by atoms with Gasteiger partial charge >= 0.3 is 0 Å². The number of hydrogen-bond donors (Lipinski definition) is 3. The number of carbonyl (C=O) groups is 1. The van der Waals surface area contributed by atoms with Gasteiger partial charge in [0.2, 0.25) is 5.91 Å². The van der Waals surface area contributed by atoms with Crippen molar-refractivity contribution in [2.45, 2.75) is 30.8 Å². The van der Waals surface area contributed by atoms with E-state index < -0.39 is 24.4 Å². The van der Waals surface area contributed by atoms with Gasteiger partial charge in [-0.15, -0.1) is 0 Å². The number of rotatable bonds is 6. The van der Waals surface area contributed by atoms with E-state index in [0.717, 1.165) is 0 Å². The molecule has 4 atom stereocenters. The Morgan fingerprint density at radius 1 is 1.27 bits per heavy atom. The first kappa shape index (κ1) is 16.5. The van der Waals surface area contributed by atoms with Crippen molar-refractivity contribution in [1.82, 2.24) is 5.32 Å². The number of nitrogens with one attached hydrogen (secondary N) is 1. The van der Waals surface area contributed by atoms with Gasteiger partial charge in [0, 0.05) is 19.6 Å². The molecule has 0 heterocycles. The highest BCUT2D eigenvalue weighted by Gasteiger charge is 2.43. The third kappa shape index (κ3) is 3.88. The maximum Gasteiger partial charge on any atom is 0.246 e. The minimum atomic E-state index is -1.09. The van der Waals surface area contributed by atoms with E-state index in [2.05, 4.69) is 5.32 Å². The molecule has 0 aromatic heterocycles. The lowest BCUT2D eigenvalue weighted by molar-refractivity contribution is -0.126. The van der Waals surface area contributed by atoms with Crippen LogP contribution in [-0.4, -0.2) is 61.3 Å². The number of amides is 1. The van der Waals surface area contributed by atoms with Gasteiger partial charge in [-0.1, -0.05) is 6.07 Å². The Kier molecular flexibility index (Phi) is 5.59. The van der Waals surface area contributed by atoms with Crippen molar-refractivity contribution in [1.29, 1.82) is 0 Å². The van der Waals surface area contributed by atoms with Gasteiger partial charge in [0.25, 0.3) is 0 Å². The molecule has 1 aromatic carbocycles. The van der Waals surface area contributed by atoms with Crippen LogP contribution in [0.4, 0.5) is 0 Å². The van der Waals surface area contributed by atoms with Crippen molar-refractivity contribution >= 4 is 5.91 Å². The smallest absolute Gasteiger partial charge is 0.246 e. The molecule has 122 valence electrons. The van der Waals surface area contributed by atoms with E-state index in [1.807, 2.05) is 0 Å². The standard InChI is InChI=1S/C15H21NO6/c1-20-8-13(17)16-11-7-12(15(19)14(11)18)22-10-5-3-4-9(6-10)21-2/h3-6,11-12,14-15,18-19H,7-8H2,1-2H3,(H,16,17)/t11-,12-,14+,15+/m1/s1. The van der Waals surface area contributed by atoms with Crippen LogP contribution in [0.25, 0.3) is 0 Å². The number of aliphatic hydroxyl groups is 2. The Labute approximate surface area is 128 Å². The SMILES string of the molecule is COCC(=O)N[C@@H]1C[C@@H](Oc2cccc(OC)c2)[C@H](O)[C@H]1O. The number of aliphatic hydroxyl groups excluding tert-OH is 2. The molecule has 2 rings (SSSR count). The third-order valence-electron chi connectivity index (χ3n) is 3.58. The van der Waals surface area contributed by atoms with Crippen LogP contribution in [0.1, 0.15) is 6.42 Å². The summed E-state index contributed by atoms with van der Waals surface area (Å²) in [4.78, 5) is 11.5. The van der Waals surface area contributed by atoms with Gasteiger partial charge in [0.15, 0.2) is 0 Å². The van der Waals surface area contributed by atoms with E-state index in [9.17, 15) is 15.0 Å². The van der Waals surface area contributed by atoms with Gasteiger partial charge in [-0.25, -0.2) is 0 Å². The second kappa shape index (κ2) is 7.44. The molecule has 3 N–H and O–H groups in total. The molecule has 0 saturated heterocycles. The van der Waals surface area contributed by atoms with Gasteiger partial charge < -0.3 is 29.7 Å². The molecule has 0 bridgehead atoms. The average molecular weight is 311 g/mol. The normalized spacial score (nSPS) is 27.5. The van der Waals surface area contributed by atoms with E-state index in [-0.39, 0.29) is 12.5 Å². The monoisotopic (exact) mass is 311 g/mol. The molecule has 1 fully saturated rings. The number of methoxy groups -OCH3 is 2. The predicted molar refractivity (Wildman–Crippen MR) is 77.8 cm³/mol. The summed E-state index contributed by atoms with van der Waals surface area (Å²) in [7, 11) is 2.96. The number of ether oxygens (including phenoxy) is 3. The summed E-state index contributed by atoms with van der Waals surface area (Å²) in [5, 5.41) is 22.7. The quantitative estimate of drug-likeness (QED) is 0.667. The van der Waals surface area contributed by atoms with Crippen molar-refractivity contribution in [3.8, 4) is 11.5 Å². The molecule has 0 spiro atoms. The van der Waals surface area contributed by atoms with Crippen LogP contribution >= 0.6 is 0 Å². The van der Waals surface area contributed by atoms with Gasteiger partial charge in [0.05, 0.1) is 13.2 Å². The maximum absolute atomic E-state index is 11.5. The molecule has 1 amide bonds. The minimum absolute atomic E-state index is 0.0965. The summed E-state index contributed by atoms with van der Waals surface area (Å²) < 4.78 is 15.5. The second-order valence-electron chi connectivity index (χ2n) is 5.16. The summed E-state index contributed by atoms with van der Waals surface area (Å²) in [5.41, 5.74) is 0. The molecule has 0 radical (unpaired) electrons. The molecule has 22 heavy (non-hydrogen) atoms. The van der Waals surface area contributed by atoms with Crippen LogP contribution < -0.4 is 14.8 Å². The van der Waals surface area contributed by atoms with Crippen LogP contribution in [0.15, 0.2) is 24.3 Å². The lowest BCUT2D eigenvalue weighted by atomic mass is 10.2. The van der Waals surface area contributed by atoms with E-state index in [0.29, 0.717) is 17.9 Å². The Balaban J connectivity index is 1.98. The highest BCUT2D eigenvalue weighted by Crippen LogP contribution is 2.27. The molecule has 7 heteroatoms. The van der Waals surface area contributed by atoms with Gasteiger partial charge in [-0.3, -0.25) is 4.79 Å². The Morgan fingerprint density at radius 2 is 2.00 bits per heavy atom. The van der Waals surface area contributed by atoms with Crippen molar-refractivity contribution in [2.75, 3.05) is 20.8 Å². The molecule has 1 aliphatic rings. The van der Waals surface area contributed by atoms with Gasteiger partial charge in [-0.2, -0.15) is 0 Å². The Morgan fingerprint density at radius 3 is 2.68 bits per heavy atom. The molecule has 0 aliphatic heterocycles. The summed E-state index contributed by atoms with van der Waals surface area (Å²) in [5.74, 6) is 0.815. The highest BCUT2D eigenvalue weighted by atomic mass is 16.5. The van der Waals surface area contributed by atoms with E-state index in [1.54, 1.807) is 31.4 Å². The van der Waals surface area contributed by atoms with Crippen molar-refractivity contribution in [3.63, 3.8) is 0 Å². The van der Waals surface area contributed by atoms with E-state index >= 15 is 0 Å². The van der Waals surface area contributed by atoms with Crippen LogP contribution in [0.3, 0.4) is 0 Å². The first-order valence-corrected chi connectivity index (χ1v) is 7.00.